The van der Waals surface area contributed by atoms with Crippen LogP contribution in [-0.4, -0.2) is 25.8 Å². The largest absolute Gasteiger partial charge is 3.00 e. The van der Waals surface area contributed by atoms with Crippen molar-refractivity contribution in [3.63, 3.8) is 0 Å². The molecule has 0 aliphatic rings. The molecule has 0 aliphatic carbocycles. The molecular formula is C7H13Br2GaO2. The predicted molar refractivity (Wildman–Crippen MR) is 39.5 cm³/mol. The fourth-order valence-electron chi connectivity index (χ4n) is 0.696. The number of rotatable bonds is 5. The summed E-state index contributed by atoms with van der Waals surface area (Å²) in [6.45, 7) is 2.10. The van der Waals surface area contributed by atoms with E-state index in [0.29, 0.717) is 0 Å². The number of carboxylic acid groups (broad SMARTS) is 1. The second-order valence-corrected chi connectivity index (χ2v) is 2.18. The summed E-state index contributed by atoms with van der Waals surface area (Å²) in [4.78, 5) is 9.85. The van der Waals surface area contributed by atoms with Crippen molar-refractivity contribution in [3.05, 3.63) is 0 Å². The van der Waals surface area contributed by atoms with Crippen molar-refractivity contribution in [1.29, 1.82) is 0 Å². The fraction of sp³-hybridized carbons (Fsp3) is 0.857. The Morgan fingerprint density at radius 3 is 2.00 bits per heavy atom. The topological polar surface area (TPSA) is 40.1 Å². The third-order valence-corrected chi connectivity index (χ3v) is 1.23. The van der Waals surface area contributed by atoms with Crippen LogP contribution in [0, 0.1) is 0 Å². The Morgan fingerprint density at radius 1 is 1.17 bits per heavy atom. The van der Waals surface area contributed by atoms with Gasteiger partial charge in [-0.25, -0.2) is 0 Å². The molecule has 0 spiro atoms. The van der Waals surface area contributed by atoms with Crippen LogP contribution in [0.2, 0.25) is 0 Å². The summed E-state index contributed by atoms with van der Waals surface area (Å²) in [5, 5.41) is 9.85. The van der Waals surface area contributed by atoms with Crippen molar-refractivity contribution < 1.29 is 43.9 Å². The molecule has 5 heteroatoms. The first kappa shape index (κ1) is 23.1. The Kier molecular flexibility index (Phi) is 34.7. The van der Waals surface area contributed by atoms with Gasteiger partial charge in [-0.2, -0.15) is 0 Å². The summed E-state index contributed by atoms with van der Waals surface area (Å²) >= 11 is 0. The quantitative estimate of drug-likeness (QED) is 0.363. The number of halogens is 2. The normalized spacial score (nSPS) is 7.08. The second kappa shape index (κ2) is 18.0. The van der Waals surface area contributed by atoms with Gasteiger partial charge in [-0.3, -0.25) is 0 Å². The van der Waals surface area contributed by atoms with Crippen molar-refractivity contribution >= 4 is 25.8 Å². The first-order valence-corrected chi connectivity index (χ1v) is 3.47. The van der Waals surface area contributed by atoms with Gasteiger partial charge in [0.25, 0.3) is 0 Å². The van der Waals surface area contributed by atoms with E-state index < -0.39 is 5.97 Å². The molecule has 0 heterocycles. The van der Waals surface area contributed by atoms with E-state index in [-0.39, 0.29) is 60.2 Å². The van der Waals surface area contributed by atoms with Crippen LogP contribution >= 0.6 is 0 Å². The number of carbonyl (C=O) groups is 1. The van der Waals surface area contributed by atoms with Crippen molar-refractivity contribution in [2.45, 2.75) is 39.0 Å². The zero-order chi connectivity index (χ0) is 7.11. The average molecular weight is 359 g/mol. The molecule has 0 amide bonds. The van der Waals surface area contributed by atoms with Gasteiger partial charge >= 0.3 is 19.8 Å². The number of carbonyl (C=O) groups excluding carboxylic acids is 1. The Hall–Kier alpha value is 1.07. The van der Waals surface area contributed by atoms with Crippen LogP contribution in [0.3, 0.4) is 0 Å². The molecule has 0 radical (unpaired) electrons. The van der Waals surface area contributed by atoms with Gasteiger partial charge in [0.2, 0.25) is 0 Å². The third-order valence-electron chi connectivity index (χ3n) is 1.23. The molecule has 0 rings (SSSR count). The second-order valence-electron chi connectivity index (χ2n) is 2.18. The summed E-state index contributed by atoms with van der Waals surface area (Å²) in [6, 6.07) is 0. The number of hydrogen-bond acceptors (Lipinski definition) is 2. The molecule has 0 fully saturated rings. The molecule has 0 aromatic carbocycles. The zero-order valence-electron chi connectivity index (χ0n) is 7.19. The van der Waals surface area contributed by atoms with Gasteiger partial charge in [-0.15, -0.1) is 0 Å². The first-order valence-electron chi connectivity index (χ1n) is 3.47. The van der Waals surface area contributed by atoms with E-state index in [0.717, 1.165) is 25.7 Å². The van der Waals surface area contributed by atoms with E-state index in [1.54, 1.807) is 0 Å². The standard InChI is InChI=1S/C7H14O2.2BrH.Ga/c1-2-3-4-5-6-7(8)9;;;/h2-6H2,1H3,(H,8,9);2*1H;/q;;;+3/p-3. The van der Waals surface area contributed by atoms with Crippen LogP contribution in [0.15, 0.2) is 0 Å². The van der Waals surface area contributed by atoms with Crippen molar-refractivity contribution in [2.24, 2.45) is 0 Å². The zero-order valence-corrected chi connectivity index (χ0v) is 12.8. The van der Waals surface area contributed by atoms with Gasteiger partial charge in [0.1, 0.15) is 0 Å². The first-order chi connectivity index (χ1) is 4.27. The Morgan fingerprint density at radius 2 is 1.67 bits per heavy atom. The van der Waals surface area contributed by atoms with Crippen molar-refractivity contribution in [2.75, 3.05) is 0 Å². The molecule has 12 heavy (non-hydrogen) atoms. The van der Waals surface area contributed by atoms with Crippen LogP contribution in [0.1, 0.15) is 39.0 Å². The Balaban J connectivity index is -0.000000107. The van der Waals surface area contributed by atoms with Crippen molar-refractivity contribution in [1.82, 2.24) is 0 Å². The minimum atomic E-state index is -0.925. The van der Waals surface area contributed by atoms with Gasteiger partial charge in [-0.1, -0.05) is 26.2 Å². The average Bonchev–Trinajstić information content (AvgIpc) is 1.80. The molecular weight excluding hydrogens is 346 g/mol. The smallest absolute Gasteiger partial charge is 1.00 e. The van der Waals surface area contributed by atoms with Crippen LogP contribution in [0.25, 0.3) is 0 Å². The third kappa shape index (κ3) is 22.5. The molecule has 0 aromatic heterocycles. The minimum absolute atomic E-state index is 0. The number of aliphatic carboxylic acids is 1. The van der Waals surface area contributed by atoms with Gasteiger partial charge < -0.3 is 43.9 Å². The number of unbranched alkanes of at least 4 members (excludes halogenated alkanes) is 3. The monoisotopic (exact) mass is 356 g/mol. The number of hydrogen-bond donors (Lipinski definition) is 0. The van der Waals surface area contributed by atoms with Gasteiger partial charge in [0, 0.05) is 5.97 Å². The van der Waals surface area contributed by atoms with E-state index in [1.807, 2.05) is 0 Å². The summed E-state index contributed by atoms with van der Waals surface area (Å²) in [5.41, 5.74) is 0. The number of carboxylic acids is 1. The van der Waals surface area contributed by atoms with Crippen molar-refractivity contribution in [3.8, 4) is 0 Å². The summed E-state index contributed by atoms with van der Waals surface area (Å²) < 4.78 is 0. The molecule has 0 saturated carbocycles. The van der Waals surface area contributed by atoms with E-state index in [4.69, 9.17) is 0 Å². The van der Waals surface area contributed by atoms with Crippen LogP contribution in [0.5, 0.6) is 0 Å². The minimum Gasteiger partial charge on any atom is -1.00 e. The Bertz CT molecular complexity index is 91.5. The summed E-state index contributed by atoms with van der Waals surface area (Å²) in [7, 11) is 0. The summed E-state index contributed by atoms with van der Waals surface area (Å²) in [6.07, 6.45) is 4.29. The summed E-state index contributed by atoms with van der Waals surface area (Å²) in [5.74, 6) is -0.925. The molecule has 2 nitrogen and oxygen atoms in total. The molecule has 0 unspecified atom stereocenters. The maximum atomic E-state index is 9.85. The van der Waals surface area contributed by atoms with E-state index in [9.17, 15) is 9.90 Å². The molecule has 0 bridgehead atoms. The molecule has 0 N–H and O–H groups in total. The van der Waals surface area contributed by atoms with E-state index >= 15 is 0 Å². The van der Waals surface area contributed by atoms with Crippen LogP contribution in [0.4, 0.5) is 0 Å². The molecule has 0 aromatic rings. The molecule has 0 saturated heterocycles. The Labute approximate surface area is 108 Å². The van der Waals surface area contributed by atoms with E-state index in [1.165, 1.54) is 0 Å². The van der Waals surface area contributed by atoms with Gasteiger partial charge in [-0.05, 0) is 12.8 Å². The predicted octanol–water partition coefficient (Wildman–Crippen LogP) is -5.67. The van der Waals surface area contributed by atoms with Gasteiger partial charge in [0.05, 0.1) is 0 Å². The van der Waals surface area contributed by atoms with E-state index in [2.05, 4.69) is 6.92 Å². The maximum absolute atomic E-state index is 9.85. The SMILES string of the molecule is CCCCCCC(=O)[O-].[Br-].[Br-].[Ga+3]. The molecule has 70 valence electrons. The maximum Gasteiger partial charge on any atom is 3.00 e. The fourth-order valence-corrected chi connectivity index (χ4v) is 0.696. The molecule has 0 aliphatic heterocycles. The van der Waals surface area contributed by atoms with Crippen LogP contribution in [-0.2, 0) is 4.79 Å². The van der Waals surface area contributed by atoms with Crippen LogP contribution < -0.4 is 39.1 Å². The van der Waals surface area contributed by atoms with Gasteiger partial charge in [0.15, 0.2) is 0 Å². The molecule has 0 atom stereocenters.